The van der Waals surface area contributed by atoms with Gasteiger partial charge in [-0.1, -0.05) is 114 Å². The highest BCUT2D eigenvalue weighted by molar-refractivity contribution is 6.70. The van der Waals surface area contributed by atoms with Gasteiger partial charge in [0.2, 0.25) is 0 Å². The molecule has 0 fully saturated rings. The molecule has 0 amide bonds. The van der Waals surface area contributed by atoms with Crippen molar-refractivity contribution < 1.29 is 0 Å². The first kappa shape index (κ1) is 38.9. The van der Waals surface area contributed by atoms with E-state index in [2.05, 4.69) is 72.2 Å². The van der Waals surface area contributed by atoms with Crippen molar-refractivity contribution in [2.24, 2.45) is 0 Å². The van der Waals surface area contributed by atoms with Gasteiger partial charge in [0.1, 0.15) is 84.3 Å². The van der Waals surface area contributed by atoms with Gasteiger partial charge in [0.25, 0.3) is 0 Å². The molecule has 0 bridgehead atoms. The zero-order valence-corrected chi connectivity index (χ0v) is 32.3. The van der Waals surface area contributed by atoms with E-state index in [1.54, 1.807) is 0 Å². The summed E-state index contributed by atoms with van der Waals surface area (Å²) in [6.07, 6.45) is 0.819. The van der Waals surface area contributed by atoms with Gasteiger partial charge in [0.15, 0.2) is 0 Å². The van der Waals surface area contributed by atoms with E-state index in [-0.39, 0.29) is 54.6 Å². The van der Waals surface area contributed by atoms with Crippen LogP contribution in [0.3, 0.4) is 0 Å². The maximum atomic E-state index is 6.79. The average Bonchev–Trinajstić information content (AvgIpc) is 3.65. The molecule has 0 aliphatic rings. The van der Waals surface area contributed by atoms with Gasteiger partial charge in [-0.2, -0.15) is 0 Å². The SMILES string of the molecule is [B]c1c([B])c([B])c(-c2ccc3c(-c4ccc(-c5ccc(-n6c(CC)nc7ccccc76)cc5)cc4)c4ccccc4c(-c4c([B])c([B])c([B])c([B])c4[B])c3c2)c([B])c1[B]. The monoisotopic (exact) mass is 726 g/mol. The van der Waals surface area contributed by atoms with Crippen molar-refractivity contribution in [3.8, 4) is 50.2 Å². The Morgan fingerprint density at radius 1 is 0.390 bits per heavy atom. The Balaban J connectivity index is 1.25. The summed E-state index contributed by atoms with van der Waals surface area (Å²) in [5, 5.41) is 3.46. The molecule has 9 aromatic rings. The van der Waals surface area contributed by atoms with Crippen LogP contribution < -0.4 is 54.6 Å². The summed E-state index contributed by atoms with van der Waals surface area (Å²) in [5.74, 6) is 1.02. The summed E-state index contributed by atoms with van der Waals surface area (Å²) in [7, 11) is 64.8. The smallest absolute Gasteiger partial charge is 0.114 e. The minimum absolute atomic E-state index is 0.124. The molecule has 252 valence electrons. The second kappa shape index (κ2) is 14.9. The summed E-state index contributed by atoms with van der Waals surface area (Å²) in [5.41, 5.74) is 11.2. The van der Waals surface area contributed by atoms with E-state index < -0.39 is 0 Å². The quantitative estimate of drug-likeness (QED) is 0.181. The third-order valence-corrected chi connectivity index (χ3v) is 11.5. The fourth-order valence-electron chi connectivity index (χ4n) is 8.43. The Morgan fingerprint density at radius 2 is 0.831 bits per heavy atom. The molecule has 0 atom stereocenters. The molecule has 2 nitrogen and oxygen atoms in total. The topological polar surface area (TPSA) is 17.8 Å². The first-order chi connectivity index (χ1) is 28.4. The molecule has 12 heteroatoms. The molecule has 0 spiro atoms. The third-order valence-electron chi connectivity index (χ3n) is 11.5. The molecule has 0 N–H and O–H groups in total. The summed E-state index contributed by atoms with van der Waals surface area (Å²) < 4.78 is 2.22. The highest BCUT2D eigenvalue weighted by Gasteiger charge is 2.22. The Hall–Kier alpha value is -5.60. The molecule has 0 saturated heterocycles. The molecule has 1 heterocycles. The van der Waals surface area contributed by atoms with Crippen LogP contribution in [-0.2, 0) is 6.42 Å². The van der Waals surface area contributed by atoms with Gasteiger partial charge in [-0.15, -0.1) is 32.8 Å². The van der Waals surface area contributed by atoms with E-state index in [1.807, 2.05) is 54.6 Å². The van der Waals surface area contributed by atoms with Gasteiger partial charge in [0, 0.05) is 12.1 Å². The molecular formula is C47H24B10N2. The zero-order valence-electron chi connectivity index (χ0n) is 32.3. The van der Waals surface area contributed by atoms with Crippen LogP contribution in [0.25, 0.3) is 82.8 Å². The Bertz CT molecular complexity index is 3130. The fraction of sp³-hybridized carbons (Fsp3) is 0.0426. The van der Waals surface area contributed by atoms with Crippen LogP contribution in [-0.4, -0.2) is 88.0 Å². The molecule has 1 aromatic heterocycles. The number of imidazole rings is 1. The number of benzene rings is 8. The van der Waals surface area contributed by atoms with Gasteiger partial charge in [0.05, 0.1) is 11.0 Å². The van der Waals surface area contributed by atoms with Crippen LogP contribution in [0.4, 0.5) is 0 Å². The number of fused-ring (bicyclic) bond motifs is 3. The second-order valence-corrected chi connectivity index (χ2v) is 14.8. The lowest BCUT2D eigenvalue weighted by Crippen LogP contribution is -2.55. The minimum atomic E-state index is 0.124. The van der Waals surface area contributed by atoms with Crippen LogP contribution in [0.5, 0.6) is 0 Å². The van der Waals surface area contributed by atoms with Crippen molar-refractivity contribution in [1.82, 2.24) is 9.55 Å². The van der Waals surface area contributed by atoms with Crippen molar-refractivity contribution in [1.29, 1.82) is 0 Å². The van der Waals surface area contributed by atoms with Crippen LogP contribution in [0, 0.1) is 0 Å². The van der Waals surface area contributed by atoms with Crippen molar-refractivity contribution in [2.45, 2.75) is 13.3 Å². The van der Waals surface area contributed by atoms with Crippen molar-refractivity contribution in [3.63, 3.8) is 0 Å². The number of hydrogen-bond donors (Lipinski definition) is 0. The predicted octanol–water partition coefficient (Wildman–Crippen LogP) is 0.500. The van der Waals surface area contributed by atoms with E-state index in [0.717, 1.165) is 72.8 Å². The molecule has 20 radical (unpaired) electrons. The van der Waals surface area contributed by atoms with Gasteiger partial charge in [-0.3, -0.25) is 4.57 Å². The van der Waals surface area contributed by atoms with Crippen molar-refractivity contribution in [2.75, 3.05) is 0 Å². The second-order valence-electron chi connectivity index (χ2n) is 14.8. The highest BCUT2D eigenvalue weighted by atomic mass is 15.1. The summed E-state index contributed by atoms with van der Waals surface area (Å²) >= 11 is 0. The zero-order chi connectivity index (χ0) is 41.4. The number of nitrogens with zero attached hydrogens (tertiary/aromatic N) is 2. The van der Waals surface area contributed by atoms with Crippen LogP contribution in [0.15, 0.2) is 115 Å². The van der Waals surface area contributed by atoms with Crippen LogP contribution in [0.1, 0.15) is 12.7 Å². The third kappa shape index (κ3) is 6.13. The lowest BCUT2D eigenvalue weighted by atomic mass is 9.59. The summed E-state index contributed by atoms with van der Waals surface area (Å²) in [4.78, 5) is 4.86. The molecule has 9 rings (SSSR count). The minimum Gasteiger partial charge on any atom is -0.296 e. The number of para-hydroxylation sites is 2. The molecular weight excluding hydrogens is 701 g/mol. The summed E-state index contributed by atoms with van der Waals surface area (Å²) in [6.45, 7) is 2.12. The number of hydrogen-bond acceptors (Lipinski definition) is 1. The lowest BCUT2D eigenvalue weighted by molar-refractivity contribution is 0.908. The number of aryl methyl sites for hydroxylation is 1. The molecule has 0 aliphatic carbocycles. The van der Waals surface area contributed by atoms with E-state index in [0.29, 0.717) is 22.3 Å². The molecule has 0 aliphatic heterocycles. The average molecular weight is 725 g/mol. The van der Waals surface area contributed by atoms with Gasteiger partial charge < -0.3 is 0 Å². The molecule has 0 unspecified atom stereocenters. The van der Waals surface area contributed by atoms with E-state index in [9.17, 15) is 0 Å². The first-order valence-electron chi connectivity index (χ1n) is 19.1. The van der Waals surface area contributed by atoms with E-state index in [4.69, 9.17) is 83.4 Å². The normalized spacial score (nSPS) is 11.5. The maximum Gasteiger partial charge on any atom is 0.114 e. The molecule has 8 aromatic carbocycles. The molecule has 59 heavy (non-hydrogen) atoms. The van der Waals surface area contributed by atoms with Gasteiger partial charge in [-0.25, -0.2) is 4.98 Å². The Morgan fingerprint density at radius 3 is 1.41 bits per heavy atom. The standard InChI is InChI=1S/C47H24B10N2/c1-2-33-58-31-9-5-6-10-32(31)59(33)26-18-15-23(16-19-26)22-11-13-24(14-12-22)34-27-7-3-4-8-28(27)36(37-40(50)44(54)47(57)45(55)41(37)51)30-21-25(17-20-29(30)34)35-38(48)42(52)46(56)43(53)39(35)49/h3-21H,2H2,1H3. The van der Waals surface area contributed by atoms with Crippen LogP contribution in [0.2, 0.25) is 0 Å². The predicted molar refractivity (Wildman–Crippen MR) is 261 cm³/mol. The fourth-order valence-corrected chi connectivity index (χ4v) is 8.43. The number of aromatic nitrogens is 2. The van der Waals surface area contributed by atoms with Gasteiger partial charge in [-0.05, 0) is 96.4 Å². The van der Waals surface area contributed by atoms with Crippen molar-refractivity contribution >= 4 is 166 Å². The largest absolute Gasteiger partial charge is 0.296 e. The molecule has 0 saturated carbocycles. The Labute approximate surface area is 358 Å². The lowest BCUT2D eigenvalue weighted by Gasteiger charge is -2.26. The van der Waals surface area contributed by atoms with E-state index >= 15 is 0 Å². The van der Waals surface area contributed by atoms with Gasteiger partial charge >= 0.3 is 0 Å². The first-order valence-corrected chi connectivity index (χ1v) is 19.1. The van der Waals surface area contributed by atoms with Crippen molar-refractivity contribution in [3.05, 3.63) is 121 Å². The number of rotatable bonds is 6. The Kier molecular flexibility index (Phi) is 9.82. The maximum absolute atomic E-state index is 6.79. The van der Waals surface area contributed by atoms with E-state index in [1.165, 1.54) is 0 Å². The van der Waals surface area contributed by atoms with Crippen LogP contribution >= 0.6 is 0 Å². The highest BCUT2D eigenvalue weighted by Crippen LogP contribution is 2.44. The summed E-state index contributed by atoms with van der Waals surface area (Å²) in [6, 6.07) is 39.3.